The second kappa shape index (κ2) is 8.28. The number of nitrogens with zero attached hydrogens (tertiary/aromatic N) is 1. The largest absolute Gasteiger partial charge is 0.416 e. The second-order valence-corrected chi connectivity index (χ2v) is 7.72. The molecule has 0 radical (unpaired) electrons. The maximum atomic E-state index is 12.7. The van der Waals surface area contributed by atoms with E-state index in [1.54, 1.807) is 24.3 Å². The Morgan fingerprint density at radius 2 is 1.86 bits per heavy atom. The molecule has 1 N–H and O–H groups in total. The second-order valence-electron chi connectivity index (χ2n) is 6.53. The molecule has 1 unspecified atom stereocenters. The Labute approximate surface area is 169 Å². The predicted molar refractivity (Wildman–Crippen MR) is 105 cm³/mol. The highest BCUT2D eigenvalue weighted by Crippen LogP contribution is 2.32. The zero-order chi connectivity index (χ0) is 21.2. The topological polar surface area (TPSA) is 66.5 Å². The molecule has 9 heteroatoms. The van der Waals surface area contributed by atoms with Crippen LogP contribution in [0, 0.1) is 6.92 Å². The van der Waals surface area contributed by atoms with E-state index < -0.39 is 28.8 Å². The molecule has 2 aromatic rings. The number of halogens is 3. The third kappa shape index (κ3) is 4.97. The Morgan fingerprint density at radius 1 is 1.17 bits per heavy atom. The third-order valence-electron chi connectivity index (χ3n) is 4.29. The highest BCUT2D eigenvalue weighted by Gasteiger charge is 2.40. The van der Waals surface area contributed by atoms with Crippen LogP contribution in [0.2, 0.25) is 0 Å². The van der Waals surface area contributed by atoms with E-state index in [-0.39, 0.29) is 23.8 Å². The lowest BCUT2D eigenvalue weighted by atomic mass is 10.2. The maximum Gasteiger partial charge on any atom is 0.416 e. The van der Waals surface area contributed by atoms with Crippen LogP contribution in [0.15, 0.2) is 48.5 Å². The van der Waals surface area contributed by atoms with Gasteiger partial charge in [0.2, 0.25) is 17.7 Å². The molecular weight excluding hydrogens is 405 g/mol. The van der Waals surface area contributed by atoms with Crippen LogP contribution in [0.4, 0.5) is 24.5 Å². The van der Waals surface area contributed by atoms with Crippen LogP contribution in [-0.2, 0) is 20.6 Å². The predicted octanol–water partition coefficient (Wildman–Crippen LogP) is 4.02. The van der Waals surface area contributed by atoms with Crippen molar-refractivity contribution in [2.24, 2.45) is 0 Å². The third-order valence-corrected chi connectivity index (χ3v) is 5.49. The molecule has 1 atom stereocenters. The first-order valence-electron chi connectivity index (χ1n) is 8.67. The quantitative estimate of drug-likeness (QED) is 0.740. The summed E-state index contributed by atoms with van der Waals surface area (Å²) in [5.74, 6) is -1.48. The Kier molecular flexibility index (Phi) is 5.97. The molecule has 152 valence electrons. The molecule has 1 aliphatic heterocycles. The molecular formula is C20H17F3N2O3S. The number of alkyl halides is 3. The molecule has 1 fully saturated rings. The van der Waals surface area contributed by atoms with E-state index >= 15 is 0 Å². The lowest BCUT2D eigenvalue weighted by Gasteiger charge is -2.15. The number of imide groups is 1. The summed E-state index contributed by atoms with van der Waals surface area (Å²) in [6.45, 7) is 1.89. The summed E-state index contributed by atoms with van der Waals surface area (Å²) in [4.78, 5) is 38.0. The van der Waals surface area contributed by atoms with Crippen molar-refractivity contribution in [3.63, 3.8) is 0 Å². The lowest BCUT2D eigenvalue weighted by molar-refractivity contribution is -0.137. The van der Waals surface area contributed by atoms with Gasteiger partial charge in [-0.1, -0.05) is 23.8 Å². The summed E-state index contributed by atoms with van der Waals surface area (Å²) in [7, 11) is 0. The van der Waals surface area contributed by atoms with Gasteiger partial charge in [0.25, 0.3) is 0 Å². The van der Waals surface area contributed by atoms with E-state index in [9.17, 15) is 27.6 Å². The number of thioether (sulfide) groups is 1. The number of benzene rings is 2. The summed E-state index contributed by atoms with van der Waals surface area (Å²) >= 11 is 0.988. The first-order valence-corrected chi connectivity index (χ1v) is 9.72. The van der Waals surface area contributed by atoms with E-state index in [0.29, 0.717) is 5.69 Å². The number of anilines is 2. The van der Waals surface area contributed by atoms with E-state index in [1.807, 2.05) is 6.92 Å². The van der Waals surface area contributed by atoms with Crippen molar-refractivity contribution >= 4 is 40.9 Å². The van der Waals surface area contributed by atoms with Gasteiger partial charge in [0.05, 0.1) is 22.3 Å². The molecule has 29 heavy (non-hydrogen) atoms. The number of hydrogen-bond donors (Lipinski definition) is 1. The fourth-order valence-corrected chi connectivity index (χ4v) is 3.78. The van der Waals surface area contributed by atoms with Crippen molar-refractivity contribution < 1.29 is 27.6 Å². The van der Waals surface area contributed by atoms with Crippen molar-refractivity contribution in [3.8, 4) is 0 Å². The summed E-state index contributed by atoms with van der Waals surface area (Å²) in [6, 6.07) is 11.2. The smallest absolute Gasteiger partial charge is 0.325 e. The van der Waals surface area contributed by atoms with Crippen molar-refractivity contribution in [1.82, 2.24) is 0 Å². The average Bonchev–Trinajstić information content (AvgIpc) is 2.94. The van der Waals surface area contributed by atoms with Gasteiger partial charge in [0, 0.05) is 12.1 Å². The average molecular weight is 422 g/mol. The van der Waals surface area contributed by atoms with Crippen LogP contribution in [0.5, 0.6) is 0 Å². The van der Waals surface area contributed by atoms with E-state index in [0.717, 1.165) is 34.4 Å². The maximum absolute atomic E-state index is 12.7. The van der Waals surface area contributed by atoms with Gasteiger partial charge in [-0.05, 0) is 37.3 Å². The normalized spacial score (nSPS) is 17.0. The first kappa shape index (κ1) is 20.9. The Morgan fingerprint density at radius 3 is 2.52 bits per heavy atom. The molecule has 1 heterocycles. The standard InChI is InChI=1S/C20H17F3N2O3S/c1-12-5-7-15(8-6-12)25-18(27)10-16(19(25)28)29-11-17(26)24-14-4-2-3-13(9-14)20(21,22)23/h2-9,16H,10-11H2,1H3,(H,24,26). The van der Waals surface area contributed by atoms with Gasteiger partial charge < -0.3 is 5.32 Å². The van der Waals surface area contributed by atoms with E-state index in [4.69, 9.17) is 0 Å². The minimum atomic E-state index is -4.51. The number of hydrogen-bond acceptors (Lipinski definition) is 4. The molecule has 0 saturated carbocycles. The van der Waals surface area contributed by atoms with E-state index in [1.165, 1.54) is 12.1 Å². The van der Waals surface area contributed by atoms with Crippen molar-refractivity contribution in [1.29, 1.82) is 0 Å². The number of aryl methyl sites for hydroxylation is 1. The van der Waals surface area contributed by atoms with Gasteiger partial charge in [-0.15, -0.1) is 11.8 Å². The van der Waals surface area contributed by atoms with Crippen molar-refractivity contribution in [2.75, 3.05) is 16.0 Å². The molecule has 3 rings (SSSR count). The highest BCUT2D eigenvalue weighted by molar-refractivity contribution is 8.01. The Bertz CT molecular complexity index is 945. The number of carbonyl (C=O) groups excluding carboxylic acids is 3. The van der Waals surface area contributed by atoms with E-state index in [2.05, 4.69) is 5.32 Å². The molecule has 0 bridgehead atoms. The summed E-state index contributed by atoms with van der Waals surface area (Å²) in [5, 5.41) is 1.67. The molecule has 5 nitrogen and oxygen atoms in total. The molecule has 0 aromatic heterocycles. The van der Waals surface area contributed by atoms with Gasteiger partial charge in [-0.2, -0.15) is 13.2 Å². The molecule has 1 saturated heterocycles. The number of nitrogens with one attached hydrogen (secondary N) is 1. The molecule has 2 aromatic carbocycles. The van der Waals surface area contributed by atoms with Crippen molar-refractivity contribution in [2.45, 2.75) is 24.8 Å². The van der Waals surface area contributed by atoms with Crippen LogP contribution in [0.25, 0.3) is 0 Å². The lowest BCUT2D eigenvalue weighted by Crippen LogP contribution is -2.31. The SMILES string of the molecule is Cc1ccc(N2C(=O)CC(SCC(=O)Nc3cccc(C(F)(F)F)c3)C2=O)cc1. The first-order chi connectivity index (χ1) is 13.6. The van der Waals surface area contributed by atoms with Gasteiger partial charge in [-0.3, -0.25) is 14.4 Å². The van der Waals surface area contributed by atoms with Crippen LogP contribution in [0.1, 0.15) is 17.5 Å². The minimum Gasteiger partial charge on any atom is -0.325 e. The summed E-state index contributed by atoms with van der Waals surface area (Å²) < 4.78 is 38.2. The van der Waals surface area contributed by atoms with Crippen LogP contribution >= 0.6 is 11.8 Å². The van der Waals surface area contributed by atoms with Crippen LogP contribution < -0.4 is 10.2 Å². The number of amides is 3. The van der Waals surface area contributed by atoms with Crippen LogP contribution in [0.3, 0.4) is 0 Å². The summed E-state index contributed by atoms with van der Waals surface area (Å²) in [6.07, 6.45) is -4.54. The monoisotopic (exact) mass is 422 g/mol. The van der Waals surface area contributed by atoms with Gasteiger partial charge >= 0.3 is 6.18 Å². The minimum absolute atomic E-state index is 0.0144. The zero-order valence-corrected chi connectivity index (χ0v) is 16.1. The fourth-order valence-electron chi connectivity index (χ4n) is 2.85. The number of rotatable bonds is 5. The molecule has 3 amide bonds. The number of carbonyl (C=O) groups is 3. The van der Waals surface area contributed by atoms with Gasteiger partial charge in [0.15, 0.2) is 0 Å². The fraction of sp³-hybridized carbons (Fsp3) is 0.250. The zero-order valence-electron chi connectivity index (χ0n) is 15.3. The van der Waals surface area contributed by atoms with Gasteiger partial charge in [0.1, 0.15) is 0 Å². The van der Waals surface area contributed by atoms with Crippen LogP contribution in [-0.4, -0.2) is 28.7 Å². The molecule has 0 aliphatic carbocycles. The molecule has 0 spiro atoms. The highest BCUT2D eigenvalue weighted by atomic mass is 32.2. The molecule has 1 aliphatic rings. The Balaban J connectivity index is 1.59. The van der Waals surface area contributed by atoms with Gasteiger partial charge in [-0.25, -0.2) is 4.90 Å². The summed E-state index contributed by atoms with van der Waals surface area (Å²) in [5.41, 5.74) is 0.612. The Hall–Kier alpha value is -2.81. The van der Waals surface area contributed by atoms with Crippen molar-refractivity contribution in [3.05, 3.63) is 59.7 Å².